The van der Waals surface area contributed by atoms with Gasteiger partial charge in [-0.2, -0.15) is 0 Å². The summed E-state index contributed by atoms with van der Waals surface area (Å²) in [5.74, 6) is 0.0627. The van der Waals surface area contributed by atoms with E-state index in [9.17, 15) is 13.2 Å². The standard InChI is InChI=1S/C17H20N2O3S2/c1-3-17(20)19-12(2)9-13-10-15(6-7-16(13)19)24(21,22)18-11-14-5-4-8-23-14/h4-8,10,12,18H,3,9,11H2,1-2H3/t12-/m0/s1. The summed E-state index contributed by atoms with van der Waals surface area (Å²) < 4.78 is 27.6. The van der Waals surface area contributed by atoms with E-state index in [2.05, 4.69) is 4.72 Å². The van der Waals surface area contributed by atoms with Crippen LogP contribution in [0.4, 0.5) is 5.69 Å². The molecular formula is C17H20N2O3S2. The summed E-state index contributed by atoms with van der Waals surface area (Å²) in [6.07, 6.45) is 1.11. The molecule has 1 aromatic heterocycles. The van der Waals surface area contributed by atoms with Crippen LogP contribution in [0.1, 0.15) is 30.7 Å². The summed E-state index contributed by atoms with van der Waals surface area (Å²) in [5.41, 5.74) is 1.73. The van der Waals surface area contributed by atoms with Gasteiger partial charge in [0.1, 0.15) is 0 Å². The third-order valence-electron chi connectivity index (χ3n) is 4.16. The highest BCUT2D eigenvalue weighted by molar-refractivity contribution is 7.89. The molecule has 0 unspecified atom stereocenters. The first kappa shape index (κ1) is 17.1. The van der Waals surface area contributed by atoms with Gasteiger partial charge in [-0.3, -0.25) is 4.79 Å². The lowest BCUT2D eigenvalue weighted by molar-refractivity contribution is -0.118. The molecule has 1 aromatic carbocycles. The summed E-state index contributed by atoms with van der Waals surface area (Å²) in [6, 6.07) is 8.85. The van der Waals surface area contributed by atoms with Gasteiger partial charge in [-0.1, -0.05) is 13.0 Å². The number of sulfonamides is 1. The minimum Gasteiger partial charge on any atom is -0.309 e. The van der Waals surface area contributed by atoms with Gasteiger partial charge in [-0.05, 0) is 48.6 Å². The lowest BCUT2D eigenvalue weighted by Gasteiger charge is -2.22. The van der Waals surface area contributed by atoms with Gasteiger partial charge in [0.05, 0.1) is 4.90 Å². The molecule has 1 aliphatic rings. The Hall–Kier alpha value is -1.70. The molecule has 0 bridgehead atoms. The van der Waals surface area contributed by atoms with Crippen molar-refractivity contribution < 1.29 is 13.2 Å². The monoisotopic (exact) mass is 364 g/mol. The smallest absolute Gasteiger partial charge is 0.240 e. The molecule has 0 radical (unpaired) electrons. The average molecular weight is 364 g/mol. The maximum Gasteiger partial charge on any atom is 0.240 e. The van der Waals surface area contributed by atoms with Gasteiger partial charge in [0.15, 0.2) is 0 Å². The van der Waals surface area contributed by atoms with Gasteiger partial charge >= 0.3 is 0 Å². The maximum absolute atomic E-state index is 12.5. The number of benzene rings is 1. The molecule has 0 saturated carbocycles. The summed E-state index contributed by atoms with van der Waals surface area (Å²) in [7, 11) is -3.57. The molecule has 24 heavy (non-hydrogen) atoms. The molecule has 7 heteroatoms. The molecule has 3 rings (SSSR count). The van der Waals surface area contributed by atoms with Crippen LogP contribution < -0.4 is 9.62 Å². The minimum atomic E-state index is -3.57. The topological polar surface area (TPSA) is 66.5 Å². The van der Waals surface area contributed by atoms with Crippen molar-refractivity contribution in [3.63, 3.8) is 0 Å². The number of amides is 1. The fourth-order valence-corrected chi connectivity index (χ4v) is 4.78. The van der Waals surface area contributed by atoms with Gasteiger partial charge in [0.25, 0.3) is 0 Å². The molecule has 0 fully saturated rings. The van der Waals surface area contributed by atoms with Crippen molar-refractivity contribution in [1.82, 2.24) is 4.72 Å². The minimum absolute atomic E-state index is 0.0597. The van der Waals surface area contributed by atoms with Crippen molar-refractivity contribution in [2.45, 2.75) is 44.2 Å². The number of thiophene rings is 1. The van der Waals surface area contributed by atoms with Crippen LogP contribution in [0.5, 0.6) is 0 Å². The Morgan fingerprint density at radius 2 is 2.17 bits per heavy atom. The predicted molar refractivity (Wildman–Crippen MR) is 95.7 cm³/mol. The Morgan fingerprint density at radius 3 is 2.83 bits per heavy atom. The van der Waals surface area contributed by atoms with Gasteiger partial charge < -0.3 is 4.90 Å². The highest BCUT2D eigenvalue weighted by Gasteiger charge is 2.31. The van der Waals surface area contributed by atoms with Crippen molar-refractivity contribution in [3.8, 4) is 0 Å². The Labute approximate surface area is 146 Å². The van der Waals surface area contributed by atoms with Crippen LogP contribution in [0.15, 0.2) is 40.6 Å². The van der Waals surface area contributed by atoms with E-state index >= 15 is 0 Å². The zero-order chi connectivity index (χ0) is 17.3. The van der Waals surface area contributed by atoms with Crippen LogP contribution in [0.2, 0.25) is 0 Å². The molecule has 0 spiro atoms. The number of nitrogens with zero attached hydrogens (tertiary/aromatic N) is 1. The number of anilines is 1. The van der Waals surface area contributed by atoms with Crippen molar-refractivity contribution in [3.05, 3.63) is 46.2 Å². The Kier molecular flexibility index (Phi) is 4.76. The molecule has 0 aliphatic carbocycles. The summed E-state index contributed by atoms with van der Waals surface area (Å²) in [5, 5.41) is 1.92. The van der Waals surface area contributed by atoms with E-state index in [0.717, 1.165) is 16.1 Å². The first-order valence-electron chi connectivity index (χ1n) is 7.89. The van der Waals surface area contributed by atoms with Gasteiger partial charge in [-0.25, -0.2) is 13.1 Å². The molecule has 2 aromatic rings. The number of nitrogens with one attached hydrogen (secondary N) is 1. The normalized spacial score (nSPS) is 17.1. The van der Waals surface area contributed by atoms with Crippen LogP contribution in [-0.2, 0) is 27.8 Å². The molecule has 128 valence electrons. The Bertz CT molecular complexity index is 845. The molecule has 1 atom stereocenters. The summed E-state index contributed by atoms with van der Waals surface area (Å²) in [4.78, 5) is 15.1. The second-order valence-corrected chi connectivity index (χ2v) is 8.66. The molecule has 5 nitrogen and oxygen atoms in total. The van der Waals surface area contributed by atoms with E-state index < -0.39 is 10.0 Å². The lowest BCUT2D eigenvalue weighted by atomic mass is 10.1. The third kappa shape index (κ3) is 3.24. The summed E-state index contributed by atoms with van der Waals surface area (Å²) in [6.45, 7) is 4.10. The van der Waals surface area contributed by atoms with Crippen LogP contribution in [-0.4, -0.2) is 20.4 Å². The summed E-state index contributed by atoms with van der Waals surface area (Å²) >= 11 is 1.51. The Morgan fingerprint density at radius 1 is 1.38 bits per heavy atom. The largest absolute Gasteiger partial charge is 0.309 e. The average Bonchev–Trinajstić information content (AvgIpc) is 3.18. The fraction of sp³-hybridized carbons (Fsp3) is 0.353. The predicted octanol–water partition coefficient (Wildman–Crippen LogP) is 2.91. The molecule has 2 heterocycles. The van der Waals surface area contributed by atoms with Crippen molar-refractivity contribution in [2.24, 2.45) is 0 Å². The first-order chi connectivity index (χ1) is 11.4. The quantitative estimate of drug-likeness (QED) is 0.887. The second-order valence-electron chi connectivity index (χ2n) is 5.86. The molecule has 1 aliphatic heterocycles. The van der Waals surface area contributed by atoms with Crippen LogP contribution in [0.25, 0.3) is 0 Å². The molecule has 0 saturated heterocycles. The number of hydrogen-bond donors (Lipinski definition) is 1. The van der Waals surface area contributed by atoms with Gasteiger partial charge in [0.2, 0.25) is 15.9 Å². The van der Waals surface area contributed by atoms with E-state index in [1.165, 1.54) is 11.3 Å². The van der Waals surface area contributed by atoms with Crippen LogP contribution in [0, 0.1) is 0 Å². The highest BCUT2D eigenvalue weighted by Crippen LogP contribution is 2.34. The van der Waals surface area contributed by atoms with Crippen LogP contribution in [0.3, 0.4) is 0 Å². The molecule has 1 N–H and O–H groups in total. The molecule has 1 amide bonds. The lowest BCUT2D eigenvalue weighted by Crippen LogP contribution is -2.35. The number of fused-ring (bicyclic) bond motifs is 1. The number of carbonyl (C=O) groups is 1. The third-order valence-corrected chi connectivity index (χ3v) is 6.44. The van der Waals surface area contributed by atoms with Crippen molar-refractivity contribution >= 4 is 33.0 Å². The van der Waals surface area contributed by atoms with E-state index in [1.807, 2.05) is 31.4 Å². The van der Waals surface area contributed by atoms with E-state index in [-0.39, 0.29) is 23.4 Å². The number of hydrogen-bond acceptors (Lipinski definition) is 4. The maximum atomic E-state index is 12.5. The number of carbonyl (C=O) groups excluding carboxylic acids is 1. The fourth-order valence-electron chi connectivity index (χ4n) is 2.99. The van der Waals surface area contributed by atoms with Gasteiger partial charge in [-0.15, -0.1) is 11.3 Å². The van der Waals surface area contributed by atoms with Crippen molar-refractivity contribution in [1.29, 1.82) is 0 Å². The second kappa shape index (κ2) is 6.66. The zero-order valence-corrected chi connectivity index (χ0v) is 15.3. The van der Waals surface area contributed by atoms with Gasteiger partial charge in [0, 0.05) is 29.6 Å². The van der Waals surface area contributed by atoms with E-state index in [0.29, 0.717) is 12.8 Å². The SMILES string of the molecule is CCC(=O)N1c2ccc(S(=O)(=O)NCc3cccs3)cc2C[C@@H]1C. The first-order valence-corrected chi connectivity index (χ1v) is 10.3. The highest BCUT2D eigenvalue weighted by atomic mass is 32.2. The Balaban J connectivity index is 1.84. The van der Waals surface area contributed by atoms with Crippen molar-refractivity contribution in [2.75, 3.05) is 4.90 Å². The zero-order valence-electron chi connectivity index (χ0n) is 13.7. The van der Waals surface area contributed by atoms with E-state index in [4.69, 9.17) is 0 Å². The molecular weight excluding hydrogens is 344 g/mol. The van der Waals surface area contributed by atoms with Crippen LogP contribution >= 0.6 is 11.3 Å². The van der Waals surface area contributed by atoms with E-state index in [1.54, 1.807) is 23.1 Å². The number of rotatable bonds is 5.